The minimum atomic E-state index is -0.377. The molecule has 0 saturated heterocycles. The molecule has 0 bridgehead atoms. The third-order valence-electron chi connectivity index (χ3n) is 4.18. The highest BCUT2D eigenvalue weighted by Crippen LogP contribution is 2.18. The number of aromatic amines is 1. The molecular weight excluding hydrogens is 486 g/mol. The van der Waals surface area contributed by atoms with Crippen molar-refractivity contribution in [1.29, 1.82) is 0 Å². The van der Waals surface area contributed by atoms with E-state index < -0.39 is 0 Å². The number of hydrazone groups is 1. The maximum absolute atomic E-state index is 12.4. The van der Waals surface area contributed by atoms with E-state index in [1.165, 1.54) is 0 Å². The Morgan fingerprint density at radius 1 is 1.18 bits per heavy atom. The van der Waals surface area contributed by atoms with Crippen molar-refractivity contribution < 1.29 is 4.79 Å². The molecule has 2 N–H and O–H groups in total. The van der Waals surface area contributed by atoms with E-state index in [1.54, 1.807) is 17.1 Å². The van der Waals surface area contributed by atoms with Crippen LogP contribution in [0.25, 0.3) is 10.9 Å². The van der Waals surface area contributed by atoms with E-state index in [9.17, 15) is 4.79 Å². The second-order valence-corrected chi connectivity index (χ2v) is 7.91. The molecule has 0 saturated carbocycles. The Labute approximate surface area is 177 Å². The molecule has 140 valence electrons. The van der Waals surface area contributed by atoms with Crippen molar-refractivity contribution in [3.63, 3.8) is 0 Å². The molecule has 0 atom stereocenters. The van der Waals surface area contributed by atoms with Crippen LogP contribution in [0.15, 0.2) is 75.0 Å². The average Bonchev–Trinajstić information content (AvgIpc) is 3.27. The zero-order chi connectivity index (χ0) is 19.5. The van der Waals surface area contributed by atoms with Crippen LogP contribution in [0.3, 0.4) is 0 Å². The summed E-state index contributed by atoms with van der Waals surface area (Å²) in [5.74, 6) is -0.377. The number of amides is 1. The van der Waals surface area contributed by atoms with Gasteiger partial charge in [0.05, 0.1) is 17.2 Å². The molecule has 8 heteroatoms. The van der Waals surface area contributed by atoms with Gasteiger partial charge < -0.3 is 4.98 Å². The molecule has 1 amide bonds. The van der Waals surface area contributed by atoms with Gasteiger partial charge in [0.15, 0.2) is 5.69 Å². The van der Waals surface area contributed by atoms with E-state index >= 15 is 0 Å². The van der Waals surface area contributed by atoms with Crippen LogP contribution >= 0.6 is 31.9 Å². The molecular formula is C20H15Br2N5O. The minimum Gasteiger partial charge on any atom is -0.361 e. The number of carbonyl (C=O) groups is 1. The van der Waals surface area contributed by atoms with Gasteiger partial charge in [-0.3, -0.25) is 9.48 Å². The highest BCUT2D eigenvalue weighted by molar-refractivity contribution is 9.10. The monoisotopic (exact) mass is 499 g/mol. The van der Waals surface area contributed by atoms with Crippen LogP contribution in [0, 0.1) is 0 Å². The molecule has 0 fully saturated rings. The second-order valence-electron chi connectivity index (χ2n) is 6.14. The highest BCUT2D eigenvalue weighted by Gasteiger charge is 2.15. The second kappa shape index (κ2) is 8.12. The van der Waals surface area contributed by atoms with Crippen LogP contribution in [-0.4, -0.2) is 26.9 Å². The molecule has 4 aromatic rings. The first-order valence-electron chi connectivity index (χ1n) is 8.47. The molecule has 0 aliphatic carbocycles. The molecule has 0 aliphatic rings. The average molecular weight is 501 g/mol. The molecule has 2 aromatic heterocycles. The molecule has 0 unspecified atom stereocenters. The van der Waals surface area contributed by atoms with Gasteiger partial charge in [-0.25, -0.2) is 5.43 Å². The summed E-state index contributed by atoms with van der Waals surface area (Å²) in [5, 5.41) is 9.47. The summed E-state index contributed by atoms with van der Waals surface area (Å²) in [5.41, 5.74) is 5.82. The Hall–Kier alpha value is -2.71. The number of halogens is 2. The molecule has 4 rings (SSSR count). The van der Waals surface area contributed by atoms with Gasteiger partial charge in [0, 0.05) is 33.3 Å². The predicted molar refractivity (Wildman–Crippen MR) is 117 cm³/mol. The molecule has 2 aromatic carbocycles. The van der Waals surface area contributed by atoms with E-state index in [2.05, 4.69) is 52.5 Å². The van der Waals surface area contributed by atoms with E-state index in [-0.39, 0.29) is 11.6 Å². The number of hydrogen-bond donors (Lipinski definition) is 2. The smallest absolute Gasteiger partial charge is 0.293 e. The summed E-state index contributed by atoms with van der Waals surface area (Å²) in [6.07, 6.45) is 5.24. The van der Waals surface area contributed by atoms with Gasteiger partial charge in [-0.05, 0) is 39.7 Å². The molecule has 28 heavy (non-hydrogen) atoms. The first kappa shape index (κ1) is 18.6. The molecule has 2 heterocycles. The van der Waals surface area contributed by atoms with Crippen LogP contribution < -0.4 is 5.43 Å². The van der Waals surface area contributed by atoms with Crippen LogP contribution in [0.4, 0.5) is 0 Å². The number of benzene rings is 2. The maximum atomic E-state index is 12.4. The van der Waals surface area contributed by atoms with Gasteiger partial charge in [-0.15, -0.1) is 0 Å². The van der Waals surface area contributed by atoms with Crippen molar-refractivity contribution in [1.82, 2.24) is 20.2 Å². The van der Waals surface area contributed by atoms with Crippen molar-refractivity contribution >= 4 is 54.9 Å². The lowest BCUT2D eigenvalue weighted by molar-refractivity contribution is 0.0948. The molecule has 0 spiro atoms. The fraction of sp³-hybridized carbons (Fsp3) is 0.0500. The number of rotatable bonds is 5. The lowest BCUT2D eigenvalue weighted by atomic mass is 10.2. The number of carbonyl (C=O) groups excluding carboxylic acids is 1. The van der Waals surface area contributed by atoms with E-state index in [0.717, 1.165) is 26.5 Å². The number of H-pyrrole nitrogens is 1. The quantitative estimate of drug-likeness (QED) is 0.308. The summed E-state index contributed by atoms with van der Waals surface area (Å²) >= 11 is 6.82. The Kier molecular flexibility index (Phi) is 5.40. The third kappa shape index (κ3) is 4.07. The Morgan fingerprint density at radius 2 is 1.96 bits per heavy atom. The number of fused-ring (bicyclic) bond motifs is 1. The van der Waals surface area contributed by atoms with Crippen LogP contribution in [-0.2, 0) is 6.54 Å². The number of para-hydroxylation sites is 1. The van der Waals surface area contributed by atoms with Crippen molar-refractivity contribution in [2.24, 2.45) is 5.10 Å². The molecule has 0 aliphatic heterocycles. The van der Waals surface area contributed by atoms with E-state index in [0.29, 0.717) is 11.0 Å². The summed E-state index contributed by atoms with van der Waals surface area (Å²) in [6.45, 7) is 0.567. The first-order valence-corrected chi connectivity index (χ1v) is 10.1. The van der Waals surface area contributed by atoms with Crippen molar-refractivity contribution in [3.05, 3.63) is 86.7 Å². The summed E-state index contributed by atoms with van der Waals surface area (Å²) in [4.78, 5) is 15.6. The maximum Gasteiger partial charge on any atom is 0.293 e. The Morgan fingerprint density at radius 3 is 2.79 bits per heavy atom. The Bertz CT molecular complexity index is 1160. The summed E-state index contributed by atoms with van der Waals surface area (Å²) in [6, 6.07) is 15.9. The molecule has 6 nitrogen and oxygen atoms in total. The largest absolute Gasteiger partial charge is 0.361 e. The van der Waals surface area contributed by atoms with Crippen molar-refractivity contribution in [3.8, 4) is 0 Å². The van der Waals surface area contributed by atoms with Gasteiger partial charge in [-0.1, -0.05) is 46.3 Å². The highest BCUT2D eigenvalue weighted by atomic mass is 79.9. The number of aromatic nitrogens is 3. The summed E-state index contributed by atoms with van der Waals surface area (Å²) < 4.78 is 3.35. The van der Waals surface area contributed by atoms with E-state index in [4.69, 9.17) is 0 Å². The fourth-order valence-corrected chi connectivity index (χ4v) is 3.58. The SMILES string of the molecule is O=C(N/N=C/c1c[nH]c2ccccc12)c1nn(Cc2ccc(Br)cc2)cc1Br. The van der Waals surface area contributed by atoms with Crippen LogP contribution in [0.5, 0.6) is 0 Å². The van der Waals surface area contributed by atoms with Crippen LogP contribution in [0.1, 0.15) is 21.6 Å². The topological polar surface area (TPSA) is 75.1 Å². The normalized spacial score (nSPS) is 11.4. The van der Waals surface area contributed by atoms with Crippen molar-refractivity contribution in [2.45, 2.75) is 6.54 Å². The zero-order valence-electron chi connectivity index (χ0n) is 14.6. The standard InChI is InChI=1S/C20H15Br2N5O/c21-15-7-5-13(6-8-15)11-27-12-17(22)19(26-27)20(28)25-24-10-14-9-23-18-4-2-1-3-16(14)18/h1-10,12,23H,11H2,(H,25,28)/b24-10+. The van der Waals surface area contributed by atoms with Gasteiger partial charge >= 0.3 is 0 Å². The Balaban J connectivity index is 1.44. The van der Waals surface area contributed by atoms with Gasteiger partial charge in [0.2, 0.25) is 0 Å². The minimum absolute atomic E-state index is 0.285. The van der Waals surface area contributed by atoms with Crippen molar-refractivity contribution in [2.75, 3.05) is 0 Å². The lowest BCUT2D eigenvalue weighted by Gasteiger charge is -2.02. The van der Waals surface area contributed by atoms with Gasteiger partial charge in [0.25, 0.3) is 5.91 Å². The predicted octanol–water partition coefficient (Wildman–Crippen LogP) is 4.70. The zero-order valence-corrected chi connectivity index (χ0v) is 17.7. The van der Waals surface area contributed by atoms with Gasteiger partial charge in [0.1, 0.15) is 0 Å². The first-order chi connectivity index (χ1) is 13.6. The molecule has 0 radical (unpaired) electrons. The third-order valence-corrected chi connectivity index (χ3v) is 5.29. The number of nitrogens with zero attached hydrogens (tertiary/aromatic N) is 3. The van der Waals surface area contributed by atoms with E-state index in [1.807, 2.05) is 54.7 Å². The number of hydrogen-bond acceptors (Lipinski definition) is 3. The fourth-order valence-electron chi connectivity index (χ4n) is 2.82. The van der Waals surface area contributed by atoms with Crippen LogP contribution in [0.2, 0.25) is 0 Å². The summed E-state index contributed by atoms with van der Waals surface area (Å²) in [7, 11) is 0. The number of nitrogens with one attached hydrogen (secondary N) is 2. The van der Waals surface area contributed by atoms with Gasteiger partial charge in [-0.2, -0.15) is 10.2 Å². The lowest BCUT2D eigenvalue weighted by Crippen LogP contribution is -2.19.